The van der Waals surface area contributed by atoms with E-state index in [-0.39, 0.29) is 11.8 Å². The first-order valence-electron chi connectivity index (χ1n) is 5.07. The first-order chi connectivity index (χ1) is 7.11. The lowest BCUT2D eigenvalue weighted by atomic mass is 10.1. The van der Waals surface area contributed by atoms with Crippen LogP contribution >= 0.6 is 15.9 Å². The summed E-state index contributed by atoms with van der Waals surface area (Å²) in [6, 6.07) is 8.15. The molecule has 0 bridgehead atoms. The minimum absolute atomic E-state index is 0.193. The molecule has 0 saturated heterocycles. The summed E-state index contributed by atoms with van der Waals surface area (Å²) < 4.78 is 1.11. The molecule has 0 aliphatic heterocycles. The first kappa shape index (κ1) is 10.7. The van der Waals surface area contributed by atoms with Crippen molar-refractivity contribution in [3.05, 3.63) is 34.3 Å². The molecule has 2 nitrogen and oxygen atoms in total. The quantitative estimate of drug-likeness (QED) is 0.807. The molecule has 1 aliphatic carbocycles. The molecular formula is C12H14BrNO. The number of hydrogen-bond donors (Lipinski definition) is 0. The molecule has 1 aromatic carbocycles. The summed E-state index contributed by atoms with van der Waals surface area (Å²) in [7, 11) is 3.63. The lowest BCUT2D eigenvalue weighted by Gasteiger charge is -2.10. The van der Waals surface area contributed by atoms with E-state index in [1.807, 2.05) is 32.3 Å². The van der Waals surface area contributed by atoms with Gasteiger partial charge in [-0.05, 0) is 24.0 Å². The maximum atomic E-state index is 11.7. The van der Waals surface area contributed by atoms with Crippen LogP contribution in [0, 0.1) is 5.92 Å². The van der Waals surface area contributed by atoms with Crippen molar-refractivity contribution in [3.63, 3.8) is 0 Å². The van der Waals surface area contributed by atoms with Crippen molar-refractivity contribution in [2.45, 2.75) is 12.3 Å². The third-order valence-corrected chi connectivity index (χ3v) is 3.58. The Kier molecular flexibility index (Phi) is 2.83. The maximum absolute atomic E-state index is 11.7. The summed E-state index contributed by atoms with van der Waals surface area (Å²) in [5.41, 5.74) is 1.26. The number of halogens is 1. The van der Waals surface area contributed by atoms with Crippen molar-refractivity contribution in [1.82, 2.24) is 4.90 Å². The number of benzene rings is 1. The van der Waals surface area contributed by atoms with Gasteiger partial charge < -0.3 is 4.90 Å². The molecule has 0 radical (unpaired) electrons. The average molecular weight is 268 g/mol. The minimum Gasteiger partial charge on any atom is -0.349 e. The molecule has 0 aromatic heterocycles. The summed E-state index contributed by atoms with van der Waals surface area (Å²) in [5.74, 6) is 0.852. The Morgan fingerprint density at radius 1 is 1.40 bits per heavy atom. The summed E-state index contributed by atoms with van der Waals surface area (Å²) in [6.07, 6.45) is 0.986. The van der Waals surface area contributed by atoms with Gasteiger partial charge in [-0.15, -0.1) is 0 Å². The monoisotopic (exact) mass is 267 g/mol. The lowest BCUT2D eigenvalue weighted by molar-refractivity contribution is -0.130. The Morgan fingerprint density at radius 3 is 2.67 bits per heavy atom. The standard InChI is InChI=1S/C12H14BrNO/c1-14(2)12(15)10-7-9(10)8-5-3-4-6-11(8)13/h3-6,9-10H,7H2,1-2H3/t9-,10-/m0/s1. The summed E-state index contributed by atoms with van der Waals surface area (Å²) in [4.78, 5) is 13.4. The highest BCUT2D eigenvalue weighted by molar-refractivity contribution is 9.10. The van der Waals surface area contributed by atoms with E-state index in [0.29, 0.717) is 5.92 Å². The van der Waals surface area contributed by atoms with Gasteiger partial charge in [0.2, 0.25) is 5.91 Å². The van der Waals surface area contributed by atoms with Gasteiger partial charge in [-0.2, -0.15) is 0 Å². The zero-order valence-corrected chi connectivity index (χ0v) is 10.5. The predicted octanol–water partition coefficient (Wildman–Crippen LogP) is 2.64. The Bertz CT molecular complexity index is 389. The second-order valence-corrected chi connectivity index (χ2v) is 5.06. The lowest BCUT2D eigenvalue weighted by Crippen LogP contribution is -2.23. The molecule has 1 fully saturated rings. The maximum Gasteiger partial charge on any atom is 0.225 e. The van der Waals surface area contributed by atoms with E-state index >= 15 is 0 Å². The number of nitrogens with zero attached hydrogens (tertiary/aromatic N) is 1. The fourth-order valence-corrected chi connectivity index (χ4v) is 2.50. The van der Waals surface area contributed by atoms with E-state index in [2.05, 4.69) is 22.0 Å². The highest BCUT2D eigenvalue weighted by Crippen LogP contribution is 2.50. The van der Waals surface area contributed by atoms with Crippen LogP contribution in [-0.2, 0) is 4.79 Å². The molecule has 3 heteroatoms. The number of amides is 1. The van der Waals surface area contributed by atoms with Gasteiger partial charge in [-0.1, -0.05) is 34.1 Å². The summed E-state index contributed by atoms with van der Waals surface area (Å²) in [6.45, 7) is 0. The zero-order chi connectivity index (χ0) is 11.0. The topological polar surface area (TPSA) is 20.3 Å². The van der Waals surface area contributed by atoms with Gasteiger partial charge in [0.25, 0.3) is 0 Å². The van der Waals surface area contributed by atoms with E-state index in [4.69, 9.17) is 0 Å². The minimum atomic E-state index is 0.193. The number of rotatable bonds is 2. The van der Waals surface area contributed by atoms with E-state index in [9.17, 15) is 4.79 Å². The summed E-state index contributed by atoms with van der Waals surface area (Å²) in [5, 5.41) is 0. The molecule has 0 unspecified atom stereocenters. The van der Waals surface area contributed by atoms with Gasteiger partial charge >= 0.3 is 0 Å². The Morgan fingerprint density at radius 2 is 2.07 bits per heavy atom. The van der Waals surface area contributed by atoms with Crippen molar-refractivity contribution in [3.8, 4) is 0 Å². The van der Waals surface area contributed by atoms with Crippen LogP contribution in [0.25, 0.3) is 0 Å². The fraction of sp³-hybridized carbons (Fsp3) is 0.417. The van der Waals surface area contributed by atoms with Gasteiger partial charge in [-0.25, -0.2) is 0 Å². The normalized spacial score (nSPS) is 23.7. The molecule has 1 aliphatic rings. The molecule has 1 amide bonds. The van der Waals surface area contributed by atoms with Crippen molar-refractivity contribution in [2.24, 2.45) is 5.92 Å². The SMILES string of the molecule is CN(C)C(=O)[C@H]1C[C@H]1c1ccccc1Br. The molecule has 0 N–H and O–H groups in total. The van der Waals surface area contributed by atoms with Gasteiger partial charge in [0.15, 0.2) is 0 Å². The zero-order valence-electron chi connectivity index (χ0n) is 8.90. The highest BCUT2D eigenvalue weighted by atomic mass is 79.9. The number of carbonyl (C=O) groups excluding carboxylic acids is 1. The predicted molar refractivity (Wildman–Crippen MR) is 63.7 cm³/mol. The molecule has 0 spiro atoms. The van der Waals surface area contributed by atoms with Gasteiger partial charge in [-0.3, -0.25) is 4.79 Å². The largest absolute Gasteiger partial charge is 0.349 e. The molecule has 80 valence electrons. The molecule has 2 rings (SSSR count). The van der Waals surface area contributed by atoms with Crippen LogP contribution < -0.4 is 0 Å². The van der Waals surface area contributed by atoms with Crippen LogP contribution in [0.3, 0.4) is 0 Å². The second-order valence-electron chi connectivity index (χ2n) is 4.20. The molecule has 15 heavy (non-hydrogen) atoms. The van der Waals surface area contributed by atoms with Crippen molar-refractivity contribution in [1.29, 1.82) is 0 Å². The van der Waals surface area contributed by atoms with Crippen LogP contribution in [0.5, 0.6) is 0 Å². The smallest absolute Gasteiger partial charge is 0.225 e. The fourth-order valence-electron chi connectivity index (χ4n) is 1.92. The first-order valence-corrected chi connectivity index (χ1v) is 5.86. The molecule has 0 heterocycles. The van der Waals surface area contributed by atoms with E-state index in [1.165, 1.54) is 5.56 Å². The van der Waals surface area contributed by atoms with Crippen LogP contribution in [0.15, 0.2) is 28.7 Å². The Labute approximate surface area is 98.4 Å². The molecule has 2 atom stereocenters. The van der Waals surface area contributed by atoms with E-state index < -0.39 is 0 Å². The van der Waals surface area contributed by atoms with Crippen LogP contribution in [0.1, 0.15) is 17.9 Å². The molecule has 1 aromatic rings. The average Bonchev–Trinajstić information content (AvgIpc) is 2.97. The van der Waals surface area contributed by atoms with Gasteiger partial charge in [0, 0.05) is 24.5 Å². The van der Waals surface area contributed by atoms with Crippen molar-refractivity contribution in [2.75, 3.05) is 14.1 Å². The van der Waals surface area contributed by atoms with E-state index in [1.54, 1.807) is 4.90 Å². The van der Waals surface area contributed by atoms with Gasteiger partial charge in [0.05, 0.1) is 0 Å². The highest BCUT2D eigenvalue weighted by Gasteiger charge is 2.45. The number of carbonyl (C=O) groups is 1. The third kappa shape index (κ3) is 2.07. The third-order valence-electron chi connectivity index (χ3n) is 2.85. The molecule has 1 saturated carbocycles. The van der Waals surface area contributed by atoms with Crippen LogP contribution in [0.4, 0.5) is 0 Å². The van der Waals surface area contributed by atoms with Crippen LogP contribution in [-0.4, -0.2) is 24.9 Å². The summed E-state index contributed by atoms with van der Waals surface area (Å²) >= 11 is 3.53. The van der Waals surface area contributed by atoms with Gasteiger partial charge in [0.1, 0.15) is 0 Å². The molecular weight excluding hydrogens is 254 g/mol. The second kappa shape index (κ2) is 3.97. The van der Waals surface area contributed by atoms with E-state index in [0.717, 1.165) is 10.9 Å². The van der Waals surface area contributed by atoms with Crippen molar-refractivity contribution >= 4 is 21.8 Å². The van der Waals surface area contributed by atoms with Crippen molar-refractivity contribution < 1.29 is 4.79 Å². The number of hydrogen-bond acceptors (Lipinski definition) is 1. The van der Waals surface area contributed by atoms with Crippen LogP contribution in [0.2, 0.25) is 0 Å². The Hall–Kier alpha value is -0.830. The Balaban J connectivity index is 2.12.